The molecular formula is C15H18N4O6. The first-order valence-electron chi connectivity index (χ1n) is 7.37. The number of amides is 2. The van der Waals surface area contributed by atoms with Crippen LogP contribution in [0.2, 0.25) is 0 Å². The molecule has 1 unspecified atom stereocenters. The molecule has 10 heteroatoms. The van der Waals surface area contributed by atoms with E-state index < -0.39 is 29.6 Å². The molecule has 0 aliphatic carbocycles. The van der Waals surface area contributed by atoms with Crippen LogP contribution in [0.1, 0.15) is 41.5 Å². The molecule has 0 fully saturated rings. The molecule has 2 amide bonds. The van der Waals surface area contributed by atoms with Gasteiger partial charge in [0, 0.05) is 0 Å². The van der Waals surface area contributed by atoms with Crippen LogP contribution in [0.25, 0.3) is 0 Å². The number of carbonyl (C=O) groups is 3. The summed E-state index contributed by atoms with van der Waals surface area (Å²) in [5.41, 5.74) is -1.05. The lowest BCUT2D eigenvalue weighted by Crippen LogP contribution is -2.51. The van der Waals surface area contributed by atoms with E-state index in [9.17, 15) is 19.6 Å². The summed E-state index contributed by atoms with van der Waals surface area (Å²) >= 11 is 0. The van der Waals surface area contributed by atoms with Crippen molar-refractivity contribution in [3.8, 4) is 0 Å². The topological polar surface area (TPSA) is 126 Å². The molecular weight excluding hydrogens is 332 g/mol. The van der Waals surface area contributed by atoms with E-state index in [1.807, 2.05) is 0 Å². The van der Waals surface area contributed by atoms with Gasteiger partial charge in [0.2, 0.25) is 11.5 Å². The summed E-state index contributed by atoms with van der Waals surface area (Å²) in [6.07, 6.45) is -1.15. The molecule has 1 heterocycles. The molecule has 0 saturated heterocycles. The third-order valence-corrected chi connectivity index (χ3v) is 4.05. The average Bonchev–Trinajstić information content (AvgIpc) is 2.83. The van der Waals surface area contributed by atoms with E-state index in [4.69, 9.17) is 9.94 Å². The van der Waals surface area contributed by atoms with Crippen molar-refractivity contribution in [1.82, 2.24) is 9.91 Å². The second kappa shape index (κ2) is 6.38. The third-order valence-electron chi connectivity index (χ3n) is 4.05. The summed E-state index contributed by atoms with van der Waals surface area (Å²) in [6, 6.07) is 6.29. The summed E-state index contributed by atoms with van der Waals surface area (Å²) in [7, 11) is 1.22. The smallest absolute Gasteiger partial charge is 0.334 e. The van der Waals surface area contributed by atoms with Gasteiger partial charge in [0.05, 0.1) is 23.1 Å². The number of hydrazine groups is 1. The standard InChI is InChI=1S/C15H18N4O6/c1-9(25-16-19(24)17(4)15(2,3)14(22)23)18-12(20)10-7-5-6-8-11(10)13(18)21/h5-9H,1-4H3,(H,22,23). The Morgan fingerprint density at radius 3 is 2.24 bits per heavy atom. The molecule has 1 aliphatic heterocycles. The second-order valence-corrected chi connectivity index (χ2v) is 5.95. The Kier molecular flexibility index (Phi) is 4.64. The van der Waals surface area contributed by atoms with Gasteiger partial charge >= 0.3 is 5.97 Å². The highest BCUT2D eigenvalue weighted by molar-refractivity contribution is 6.21. The van der Waals surface area contributed by atoms with Gasteiger partial charge in [0.15, 0.2) is 5.54 Å². The Labute approximate surface area is 143 Å². The summed E-state index contributed by atoms with van der Waals surface area (Å²) in [5, 5.41) is 25.0. The lowest BCUT2D eigenvalue weighted by Gasteiger charge is -2.26. The molecule has 10 nitrogen and oxygen atoms in total. The first-order valence-corrected chi connectivity index (χ1v) is 7.37. The maximum atomic E-state index is 12.3. The molecule has 134 valence electrons. The highest BCUT2D eigenvalue weighted by Gasteiger charge is 2.41. The van der Waals surface area contributed by atoms with Crippen molar-refractivity contribution in [2.24, 2.45) is 5.28 Å². The second-order valence-electron chi connectivity index (χ2n) is 5.95. The quantitative estimate of drug-likeness (QED) is 0.354. The molecule has 0 radical (unpaired) electrons. The minimum absolute atomic E-state index is 0.0528. The van der Waals surface area contributed by atoms with Crippen LogP contribution in [0, 0.1) is 5.21 Å². The van der Waals surface area contributed by atoms with Gasteiger partial charge in [-0.2, -0.15) is 0 Å². The number of imide groups is 1. The minimum atomic E-state index is -1.53. The van der Waals surface area contributed by atoms with Crippen LogP contribution >= 0.6 is 0 Å². The van der Waals surface area contributed by atoms with E-state index in [-0.39, 0.29) is 16.1 Å². The van der Waals surface area contributed by atoms with Crippen molar-refractivity contribution in [1.29, 1.82) is 0 Å². The molecule has 25 heavy (non-hydrogen) atoms. The zero-order chi connectivity index (χ0) is 18.9. The maximum Gasteiger partial charge on any atom is 0.334 e. The average molecular weight is 350 g/mol. The number of aliphatic carboxylic acids is 1. The van der Waals surface area contributed by atoms with E-state index in [1.54, 1.807) is 12.1 Å². The number of carbonyl (C=O) groups excluding carboxylic acids is 2. The predicted molar refractivity (Wildman–Crippen MR) is 83.0 cm³/mol. The largest absolute Gasteiger partial charge is 0.569 e. The van der Waals surface area contributed by atoms with Crippen LogP contribution in [0.4, 0.5) is 0 Å². The SMILES string of the molecule is CC(ON=[N+]([O-])N(C)C(C)(C)C(=O)O)N1C(=O)c2ccccc2C1=O. The highest BCUT2D eigenvalue weighted by Crippen LogP contribution is 2.24. The Hall–Kier alpha value is -3.17. The van der Waals surface area contributed by atoms with Crippen LogP contribution in [0.15, 0.2) is 29.5 Å². The molecule has 0 bridgehead atoms. The molecule has 0 spiro atoms. The lowest BCUT2D eigenvalue weighted by molar-refractivity contribution is -0.718. The van der Waals surface area contributed by atoms with Crippen molar-refractivity contribution < 1.29 is 29.3 Å². The number of hydrogen-bond acceptors (Lipinski definition) is 6. The minimum Gasteiger partial charge on any atom is -0.569 e. The molecule has 0 saturated carbocycles. The van der Waals surface area contributed by atoms with Crippen molar-refractivity contribution in [2.45, 2.75) is 32.5 Å². The van der Waals surface area contributed by atoms with Crippen molar-refractivity contribution >= 4 is 17.8 Å². The van der Waals surface area contributed by atoms with E-state index in [2.05, 4.69) is 5.28 Å². The van der Waals surface area contributed by atoms with Gasteiger partial charge in [-0.3, -0.25) is 9.59 Å². The molecule has 0 aromatic heterocycles. The fraction of sp³-hybridized carbons (Fsp3) is 0.400. The molecule has 1 aliphatic rings. The number of nitrogens with zero attached hydrogens (tertiary/aromatic N) is 4. The van der Waals surface area contributed by atoms with Gasteiger partial charge in [0.1, 0.15) is 0 Å². The molecule has 1 N–H and O–H groups in total. The van der Waals surface area contributed by atoms with Crippen molar-refractivity contribution in [2.75, 3.05) is 7.05 Å². The van der Waals surface area contributed by atoms with E-state index in [0.29, 0.717) is 0 Å². The molecule has 1 atom stereocenters. The van der Waals surface area contributed by atoms with Gasteiger partial charge in [-0.1, -0.05) is 12.1 Å². The van der Waals surface area contributed by atoms with Gasteiger partial charge in [-0.25, -0.2) is 9.69 Å². The van der Waals surface area contributed by atoms with Gasteiger partial charge in [-0.05, 0) is 32.9 Å². The number of carboxylic acid groups (broad SMARTS) is 1. The van der Waals surface area contributed by atoms with Crippen LogP contribution in [0.3, 0.4) is 0 Å². The number of rotatable bonds is 6. The normalized spacial score (nSPS) is 15.8. The summed E-state index contributed by atoms with van der Waals surface area (Å²) in [5.74, 6) is -2.35. The fourth-order valence-electron chi connectivity index (χ4n) is 2.10. The Balaban J connectivity index is 2.13. The number of hydrogen-bond donors (Lipinski definition) is 1. The predicted octanol–water partition coefficient (Wildman–Crippen LogP) is 1.23. The number of likely N-dealkylation sites (N-methyl/N-ethyl adjacent to an activating group) is 1. The van der Waals surface area contributed by atoms with E-state index in [1.165, 1.54) is 40.0 Å². The zero-order valence-corrected chi connectivity index (χ0v) is 14.2. The first kappa shape index (κ1) is 18.2. The van der Waals surface area contributed by atoms with E-state index >= 15 is 0 Å². The maximum absolute atomic E-state index is 12.3. The monoisotopic (exact) mass is 350 g/mol. The Bertz CT molecular complexity index is 725. The highest BCUT2D eigenvalue weighted by atomic mass is 16.7. The summed E-state index contributed by atoms with van der Waals surface area (Å²) < 4.78 is 0. The van der Waals surface area contributed by atoms with Gasteiger partial charge in [-0.15, -0.1) is 5.01 Å². The van der Waals surface area contributed by atoms with Gasteiger partial charge in [0.25, 0.3) is 11.8 Å². The summed E-state index contributed by atoms with van der Waals surface area (Å²) in [4.78, 5) is 41.4. The van der Waals surface area contributed by atoms with Gasteiger partial charge < -0.3 is 15.2 Å². The molecule has 1 aromatic rings. The summed E-state index contributed by atoms with van der Waals surface area (Å²) in [6.45, 7) is 3.99. The van der Waals surface area contributed by atoms with Crippen LogP contribution in [-0.4, -0.2) is 56.6 Å². The lowest BCUT2D eigenvalue weighted by atomic mass is 10.1. The first-order chi connectivity index (χ1) is 11.6. The van der Waals surface area contributed by atoms with Crippen LogP contribution in [0.5, 0.6) is 0 Å². The van der Waals surface area contributed by atoms with E-state index in [0.717, 1.165) is 9.91 Å². The molecule has 1 aromatic carbocycles. The Morgan fingerprint density at radius 1 is 1.32 bits per heavy atom. The molecule has 2 rings (SSSR count). The number of fused-ring (bicyclic) bond motifs is 1. The number of benzene rings is 1. The van der Waals surface area contributed by atoms with Crippen LogP contribution in [-0.2, 0) is 9.63 Å². The zero-order valence-electron chi connectivity index (χ0n) is 14.2. The van der Waals surface area contributed by atoms with Crippen molar-refractivity contribution in [3.05, 3.63) is 40.6 Å². The van der Waals surface area contributed by atoms with Crippen molar-refractivity contribution in [3.63, 3.8) is 0 Å². The number of carboxylic acids is 1. The Morgan fingerprint density at radius 2 is 1.80 bits per heavy atom. The fourth-order valence-corrected chi connectivity index (χ4v) is 2.10. The van der Waals surface area contributed by atoms with Crippen LogP contribution < -0.4 is 0 Å². The third kappa shape index (κ3) is 3.10.